The highest BCUT2D eigenvalue weighted by Gasteiger charge is 2.18. The lowest BCUT2D eigenvalue weighted by Gasteiger charge is -2.18. The number of hydrogen-bond acceptors (Lipinski definition) is 4. The molecule has 4 rings (SSSR count). The van der Waals surface area contributed by atoms with Crippen LogP contribution in [0.15, 0.2) is 42.5 Å². The number of carbonyl (C=O) groups excluding carboxylic acids is 1. The van der Waals surface area contributed by atoms with Gasteiger partial charge in [-0.2, -0.15) is 9.90 Å². The zero-order chi connectivity index (χ0) is 19.7. The maximum absolute atomic E-state index is 12.8. The molecule has 3 aromatic rings. The van der Waals surface area contributed by atoms with Crippen molar-refractivity contribution in [3.05, 3.63) is 65.0 Å². The van der Waals surface area contributed by atoms with Gasteiger partial charge < -0.3 is 10.2 Å². The van der Waals surface area contributed by atoms with E-state index in [1.54, 1.807) is 4.80 Å². The summed E-state index contributed by atoms with van der Waals surface area (Å²) in [6.45, 7) is 8.02. The Hall–Kier alpha value is -3.15. The molecule has 1 aliphatic rings. The third-order valence-corrected chi connectivity index (χ3v) is 5.14. The Balaban J connectivity index is 1.56. The first-order valence-electron chi connectivity index (χ1n) is 9.69. The van der Waals surface area contributed by atoms with E-state index >= 15 is 0 Å². The Morgan fingerprint density at radius 1 is 1.00 bits per heavy atom. The lowest BCUT2D eigenvalue weighted by Crippen LogP contribution is -2.18. The number of hydrogen-bond donors (Lipinski definition) is 1. The molecule has 1 fully saturated rings. The summed E-state index contributed by atoms with van der Waals surface area (Å²) in [6.07, 6.45) is 2.44. The highest BCUT2D eigenvalue weighted by Crippen LogP contribution is 2.24. The average molecular weight is 375 g/mol. The Morgan fingerprint density at radius 2 is 1.79 bits per heavy atom. The highest BCUT2D eigenvalue weighted by atomic mass is 16.2. The van der Waals surface area contributed by atoms with E-state index in [2.05, 4.69) is 32.5 Å². The van der Waals surface area contributed by atoms with Crippen molar-refractivity contribution in [2.45, 2.75) is 33.6 Å². The lowest BCUT2D eigenvalue weighted by atomic mass is 10.1. The predicted molar refractivity (Wildman–Crippen MR) is 111 cm³/mol. The van der Waals surface area contributed by atoms with Crippen LogP contribution in [0.3, 0.4) is 0 Å². The van der Waals surface area contributed by atoms with E-state index in [0.717, 1.165) is 35.7 Å². The highest BCUT2D eigenvalue weighted by molar-refractivity contribution is 6.03. The molecule has 0 radical (unpaired) electrons. The minimum Gasteiger partial charge on any atom is -0.371 e. The third-order valence-electron chi connectivity index (χ3n) is 5.14. The Labute approximate surface area is 165 Å². The van der Waals surface area contributed by atoms with Crippen LogP contribution in [0.4, 0.5) is 11.4 Å². The number of carbonyl (C=O) groups is 1. The van der Waals surface area contributed by atoms with Crippen LogP contribution >= 0.6 is 0 Å². The van der Waals surface area contributed by atoms with Gasteiger partial charge in [0, 0.05) is 24.5 Å². The molecule has 6 heteroatoms. The van der Waals surface area contributed by atoms with E-state index in [9.17, 15) is 4.79 Å². The van der Waals surface area contributed by atoms with Gasteiger partial charge in [0.2, 0.25) is 0 Å². The van der Waals surface area contributed by atoms with Crippen molar-refractivity contribution in [2.75, 3.05) is 23.3 Å². The number of amides is 1. The zero-order valence-corrected chi connectivity index (χ0v) is 16.6. The number of aryl methyl sites for hydroxylation is 3. The van der Waals surface area contributed by atoms with E-state index in [0.29, 0.717) is 11.4 Å². The topological polar surface area (TPSA) is 63.1 Å². The predicted octanol–water partition coefficient (Wildman–Crippen LogP) is 4.05. The summed E-state index contributed by atoms with van der Waals surface area (Å²) >= 11 is 0. The van der Waals surface area contributed by atoms with Crippen LogP contribution in [-0.2, 0) is 0 Å². The molecule has 1 amide bonds. The maximum atomic E-state index is 12.8. The summed E-state index contributed by atoms with van der Waals surface area (Å²) in [5, 5.41) is 11.9. The fraction of sp³-hybridized carbons (Fsp3) is 0.318. The van der Waals surface area contributed by atoms with Gasteiger partial charge in [-0.25, -0.2) is 0 Å². The molecule has 0 unspecified atom stereocenters. The molecular weight excluding hydrogens is 350 g/mol. The molecular formula is C22H25N5O. The molecule has 0 bridgehead atoms. The van der Waals surface area contributed by atoms with Crippen molar-refractivity contribution in [3.8, 4) is 5.69 Å². The van der Waals surface area contributed by atoms with Crippen LogP contribution in [0, 0.1) is 20.8 Å². The van der Waals surface area contributed by atoms with Crippen LogP contribution in [-0.4, -0.2) is 34.0 Å². The van der Waals surface area contributed by atoms with Crippen molar-refractivity contribution in [2.24, 2.45) is 0 Å². The van der Waals surface area contributed by atoms with E-state index in [4.69, 9.17) is 0 Å². The normalized spacial score (nSPS) is 13.8. The molecule has 2 heterocycles. The summed E-state index contributed by atoms with van der Waals surface area (Å²) in [5.41, 5.74) is 5.99. The monoisotopic (exact) mass is 375 g/mol. The first kappa shape index (κ1) is 18.2. The van der Waals surface area contributed by atoms with Gasteiger partial charge in [-0.1, -0.05) is 23.8 Å². The zero-order valence-electron chi connectivity index (χ0n) is 16.6. The molecule has 144 valence electrons. The number of aromatic nitrogens is 3. The number of nitrogens with zero attached hydrogens (tertiary/aromatic N) is 4. The summed E-state index contributed by atoms with van der Waals surface area (Å²) in [5.74, 6) is -0.243. The minimum absolute atomic E-state index is 0.243. The fourth-order valence-electron chi connectivity index (χ4n) is 3.67. The summed E-state index contributed by atoms with van der Waals surface area (Å²) in [6, 6.07) is 14.1. The van der Waals surface area contributed by atoms with Crippen LogP contribution < -0.4 is 10.2 Å². The van der Waals surface area contributed by atoms with Gasteiger partial charge in [0.15, 0.2) is 5.69 Å². The second-order valence-electron chi connectivity index (χ2n) is 7.41. The van der Waals surface area contributed by atoms with Crippen LogP contribution in [0.25, 0.3) is 5.69 Å². The molecule has 0 spiro atoms. The molecule has 2 aromatic carbocycles. The third kappa shape index (κ3) is 3.63. The SMILES string of the molecule is Cc1ccc(-n2nc(C)c(C(=O)Nc3cccc(N4CCCC4)c3)n2)c(C)c1. The van der Waals surface area contributed by atoms with Crippen LogP contribution in [0.5, 0.6) is 0 Å². The summed E-state index contributed by atoms with van der Waals surface area (Å²) < 4.78 is 0. The molecule has 1 aromatic heterocycles. The quantitative estimate of drug-likeness (QED) is 0.747. The van der Waals surface area contributed by atoms with Gasteiger partial charge in [0.1, 0.15) is 0 Å². The molecule has 0 saturated carbocycles. The Kier molecular flexibility index (Phi) is 4.86. The molecule has 0 aliphatic carbocycles. The first-order valence-corrected chi connectivity index (χ1v) is 9.69. The molecule has 1 aliphatic heterocycles. The molecule has 6 nitrogen and oxygen atoms in total. The van der Waals surface area contributed by atoms with Gasteiger partial charge in [0.05, 0.1) is 11.4 Å². The van der Waals surface area contributed by atoms with Gasteiger partial charge in [0.25, 0.3) is 5.91 Å². The Morgan fingerprint density at radius 3 is 2.54 bits per heavy atom. The summed E-state index contributed by atoms with van der Waals surface area (Å²) in [4.78, 5) is 16.7. The van der Waals surface area contributed by atoms with Gasteiger partial charge in [-0.05, 0) is 63.4 Å². The van der Waals surface area contributed by atoms with Crippen molar-refractivity contribution >= 4 is 17.3 Å². The molecule has 0 atom stereocenters. The number of anilines is 2. The van der Waals surface area contributed by atoms with Crippen molar-refractivity contribution in [1.29, 1.82) is 0 Å². The van der Waals surface area contributed by atoms with Crippen molar-refractivity contribution < 1.29 is 4.79 Å². The number of benzene rings is 2. The largest absolute Gasteiger partial charge is 0.371 e. The fourth-order valence-corrected chi connectivity index (χ4v) is 3.67. The number of nitrogens with one attached hydrogen (secondary N) is 1. The van der Waals surface area contributed by atoms with Crippen LogP contribution in [0.1, 0.15) is 40.2 Å². The minimum atomic E-state index is -0.243. The van der Waals surface area contributed by atoms with E-state index < -0.39 is 0 Å². The number of rotatable bonds is 4. The van der Waals surface area contributed by atoms with E-state index in [1.165, 1.54) is 18.4 Å². The first-order chi connectivity index (χ1) is 13.5. The lowest BCUT2D eigenvalue weighted by molar-refractivity contribution is 0.102. The molecule has 1 saturated heterocycles. The van der Waals surface area contributed by atoms with Gasteiger partial charge in [-0.15, -0.1) is 5.10 Å². The standard InChI is InChI=1S/C22H25N5O/c1-15-9-10-20(16(2)13-15)27-24-17(3)21(25-27)22(28)23-18-7-6-8-19(14-18)26-11-4-5-12-26/h6-10,13-14H,4-5,11-12H2,1-3H3,(H,23,28). The van der Waals surface area contributed by atoms with E-state index in [-0.39, 0.29) is 5.91 Å². The van der Waals surface area contributed by atoms with E-state index in [1.807, 2.05) is 51.1 Å². The van der Waals surface area contributed by atoms with Crippen molar-refractivity contribution in [3.63, 3.8) is 0 Å². The second kappa shape index (κ2) is 7.46. The second-order valence-corrected chi connectivity index (χ2v) is 7.41. The smallest absolute Gasteiger partial charge is 0.278 e. The summed E-state index contributed by atoms with van der Waals surface area (Å²) in [7, 11) is 0. The molecule has 28 heavy (non-hydrogen) atoms. The van der Waals surface area contributed by atoms with Crippen molar-refractivity contribution in [1.82, 2.24) is 15.0 Å². The van der Waals surface area contributed by atoms with Crippen LogP contribution in [0.2, 0.25) is 0 Å². The Bertz CT molecular complexity index is 1020. The maximum Gasteiger partial charge on any atom is 0.278 e. The average Bonchev–Trinajstić information content (AvgIpc) is 3.32. The molecule has 1 N–H and O–H groups in total. The van der Waals surface area contributed by atoms with Gasteiger partial charge >= 0.3 is 0 Å². The van der Waals surface area contributed by atoms with Gasteiger partial charge in [-0.3, -0.25) is 4.79 Å².